The Balaban J connectivity index is 2.08. The maximum Gasteiger partial charge on any atom is 0.265 e. The van der Waals surface area contributed by atoms with Crippen LogP contribution in [0.2, 0.25) is 0 Å². The van der Waals surface area contributed by atoms with Crippen molar-refractivity contribution in [1.29, 1.82) is 0 Å². The van der Waals surface area contributed by atoms with E-state index in [0.717, 1.165) is 0 Å². The highest BCUT2D eigenvalue weighted by Gasteiger charge is 2.28. The lowest BCUT2D eigenvalue weighted by Gasteiger charge is -2.29. The first-order valence-corrected chi connectivity index (χ1v) is 8.04. The highest BCUT2D eigenvalue weighted by Crippen LogP contribution is 2.33. The molecule has 0 unspecified atom stereocenters. The molecule has 8 heteroatoms. The van der Waals surface area contributed by atoms with Crippen LogP contribution in [-0.4, -0.2) is 49.7 Å². The number of ether oxygens (including phenoxy) is 1. The van der Waals surface area contributed by atoms with Gasteiger partial charge in [-0.25, -0.2) is 0 Å². The molecule has 1 aromatic rings. The zero-order valence-electron chi connectivity index (χ0n) is 14.3. The highest BCUT2D eigenvalue weighted by molar-refractivity contribution is 6.04. The average Bonchev–Trinajstić information content (AvgIpc) is 2.60. The number of hydrogen-bond acceptors (Lipinski definition) is 5. The number of anilines is 1. The summed E-state index contributed by atoms with van der Waals surface area (Å²) in [5.41, 5.74) is 0.878. The molecule has 1 aliphatic heterocycles. The molecule has 0 saturated carbocycles. The van der Waals surface area contributed by atoms with Crippen molar-refractivity contribution in [3.63, 3.8) is 0 Å². The summed E-state index contributed by atoms with van der Waals surface area (Å²) >= 11 is 0. The molecule has 2 N–H and O–H groups in total. The van der Waals surface area contributed by atoms with Crippen LogP contribution in [0.5, 0.6) is 5.75 Å². The van der Waals surface area contributed by atoms with Gasteiger partial charge in [0.15, 0.2) is 12.4 Å². The van der Waals surface area contributed by atoms with Crippen LogP contribution in [0.3, 0.4) is 0 Å². The number of carbonyl (C=O) groups is 4. The Morgan fingerprint density at radius 1 is 1.20 bits per heavy atom. The van der Waals surface area contributed by atoms with Gasteiger partial charge in [-0.15, -0.1) is 0 Å². The van der Waals surface area contributed by atoms with Crippen molar-refractivity contribution in [3.8, 4) is 5.75 Å². The number of fused-ring (bicyclic) bond motifs is 1. The monoisotopic (exact) mass is 347 g/mol. The fourth-order valence-electron chi connectivity index (χ4n) is 2.39. The molecular weight excluding hydrogens is 326 g/mol. The predicted molar refractivity (Wildman–Crippen MR) is 90.6 cm³/mol. The van der Waals surface area contributed by atoms with E-state index in [4.69, 9.17) is 4.74 Å². The van der Waals surface area contributed by atoms with E-state index in [1.54, 1.807) is 25.1 Å². The molecule has 0 radical (unpaired) electrons. The second kappa shape index (κ2) is 8.27. The van der Waals surface area contributed by atoms with E-state index in [-0.39, 0.29) is 43.2 Å². The van der Waals surface area contributed by atoms with E-state index in [1.807, 2.05) is 0 Å². The number of nitrogens with one attached hydrogen (secondary N) is 2. The Labute approximate surface area is 145 Å². The minimum Gasteiger partial charge on any atom is -0.482 e. The number of carbonyl (C=O) groups excluding carboxylic acids is 4. The van der Waals surface area contributed by atoms with Crippen molar-refractivity contribution in [2.45, 2.75) is 20.3 Å². The van der Waals surface area contributed by atoms with Crippen LogP contribution in [0.4, 0.5) is 5.69 Å². The summed E-state index contributed by atoms with van der Waals surface area (Å²) in [5, 5.41) is 5.19. The molecule has 0 fully saturated rings. The zero-order valence-corrected chi connectivity index (χ0v) is 14.3. The van der Waals surface area contributed by atoms with Crippen molar-refractivity contribution < 1.29 is 23.9 Å². The van der Waals surface area contributed by atoms with E-state index in [1.165, 1.54) is 11.8 Å². The first kappa shape index (κ1) is 18.4. The minimum absolute atomic E-state index is 0.0551. The number of Topliss-reactive ketones (excluding diaryl/α,β-unsaturated/α-hetero) is 1. The second-order valence-electron chi connectivity index (χ2n) is 5.56. The molecule has 0 aliphatic carbocycles. The molecule has 8 nitrogen and oxygen atoms in total. The summed E-state index contributed by atoms with van der Waals surface area (Å²) < 4.78 is 5.36. The summed E-state index contributed by atoms with van der Waals surface area (Å²) in [7, 11) is 0. The highest BCUT2D eigenvalue weighted by atomic mass is 16.5. The van der Waals surface area contributed by atoms with Gasteiger partial charge in [0.05, 0.1) is 5.69 Å². The Morgan fingerprint density at radius 2 is 1.92 bits per heavy atom. The standard InChI is InChI=1S/C17H21N3O5/c1-3-14(22)12-4-5-15-13(8-12)20(17(24)10-25-15)9-16(23)19-7-6-18-11(2)21/h4-5,8H,3,6-7,9-10H2,1-2H3,(H,18,21)(H,19,23). The first-order valence-electron chi connectivity index (χ1n) is 8.04. The van der Waals surface area contributed by atoms with Crippen LogP contribution in [0.1, 0.15) is 30.6 Å². The van der Waals surface area contributed by atoms with Gasteiger partial charge in [-0.1, -0.05) is 6.92 Å². The van der Waals surface area contributed by atoms with Gasteiger partial charge in [0.25, 0.3) is 5.91 Å². The van der Waals surface area contributed by atoms with Crippen LogP contribution in [0.25, 0.3) is 0 Å². The Morgan fingerprint density at radius 3 is 2.60 bits per heavy atom. The van der Waals surface area contributed by atoms with Gasteiger partial charge >= 0.3 is 0 Å². The molecule has 0 spiro atoms. The third-order valence-corrected chi connectivity index (χ3v) is 3.67. The third kappa shape index (κ3) is 4.79. The minimum atomic E-state index is -0.362. The maximum atomic E-state index is 12.1. The van der Waals surface area contributed by atoms with Gasteiger partial charge in [0, 0.05) is 32.0 Å². The molecule has 0 bridgehead atoms. The molecule has 0 atom stereocenters. The number of amides is 3. The Kier molecular flexibility index (Phi) is 6.10. The van der Waals surface area contributed by atoms with Crippen molar-refractivity contribution in [2.75, 3.05) is 31.1 Å². The van der Waals surface area contributed by atoms with Crippen molar-refractivity contribution in [3.05, 3.63) is 23.8 Å². The number of hydrogen-bond donors (Lipinski definition) is 2. The maximum absolute atomic E-state index is 12.1. The van der Waals surface area contributed by atoms with E-state index in [2.05, 4.69) is 10.6 Å². The second-order valence-corrected chi connectivity index (χ2v) is 5.56. The topological polar surface area (TPSA) is 105 Å². The van der Waals surface area contributed by atoms with Gasteiger partial charge in [0.1, 0.15) is 12.3 Å². The third-order valence-electron chi connectivity index (χ3n) is 3.67. The molecule has 2 rings (SSSR count). The van der Waals surface area contributed by atoms with Gasteiger partial charge in [-0.2, -0.15) is 0 Å². The van der Waals surface area contributed by atoms with Crippen LogP contribution in [0, 0.1) is 0 Å². The van der Waals surface area contributed by atoms with Crippen LogP contribution < -0.4 is 20.3 Å². The van der Waals surface area contributed by atoms with Crippen LogP contribution in [-0.2, 0) is 14.4 Å². The number of ketones is 1. The van der Waals surface area contributed by atoms with Gasteiger partial charge in [0.2, 0.25) is 11.8 Å². The molecule has 1 aromatic carbocycles. The number of nitrogens with zero attached hydrogens (tertiary/aromatic N) is 1. The van der Waals surface area contributed by atoms with E-state index in [9.17, 15) is 19.2 Å². The van der Waals surface area contributed by atoms with Gasteiger partial charge in [-0.05, 0) is 18.2 Å². The van der Waals surface area contributed by atoms with Gasteiger partial charge in [-0.3, -0.25) is 24.1 Å². The quantitative estimate of drug-likeness (QED) is 0.544. The normalized spacial score (nSPS) is 12.9. The summed E-state index contributed by atoms with van der Waals surface area (Å²) in [6, 6.07) is 4.85. The van der Waals surface area contributed by atoms with E-state index >= 15 is 0 Å². The Bertz CT molecular complexity index is 702. The van der Waals surface area contributed by atoms with Crippen molar-refractivity contribution >= 4 is 29.2 Å². The lowest BCUT2D eigenvalue weighted by molar-refractivity contribution is -0.125. The largest absolute Gasteiger partial charge is 0.482 e. The Hall–Kier alpha value is -2.90. The summed E-state index contributed by atoms with van der Waals surface area (Å²) in [6.45, 7) is 3.37. The molecule has 25 heavy (non-hydrogen) atoms. The molecular formula is C17H21N3O5. The molecule has 1 heterocycles. The van der Waals surface area contributed by atoms with E-state index < -0.39 is 0 Å². The van der Waals surface area contributed by atoms with Crippen molar-refractivity contribution in [1.82, 2.24) is 10.6 Å². The number of rotatable bonds is 7. The smallest absolute Gasteiger partial charge is 0.265 e. The molecule has 0 aromatic heterocycles. The molecule has 3 amide bonds. The van der Waals surface area contributed by atoms with E-state index in [0.29, 0.717) is 30.0 Å². The molecule has 0 saturated heterocycles. The number of benzene rings is 1. The lowest BCUT2D eigenvalue weighted by atomic mass is 10.1. The van der Waals surface area contributed by atoms with Gasteiger partial charge < -0.3 is 15.4 Å². The predicted octanol–water partition coefficient (Wildman–Crippen LogP) is 0.257. The summed E-state index contributed by atoms with van der Waals surface area (Å²) in [5.74, 6) is -0.497. The SMILES string of the molecule is CCC(=O)c1ccc2c(c1)N(CC(=O)NCCNC(C)=O)C(=O)CO2. The fraction of sp³-hybridized carbons (Fsp3) is 0.412. The van der Waals surface area contributed by atoms with Crippen molar-refractivity contribution in [2.24, 2.45) is 0 Å². The average molecular weight is 347 g/mol. The summed E-state index contributed by atoms with van der Waals surface area (Å²) in [4.78, 5) is 48.2. The molecule has 134 valence electrons. The molecule has 1 aliphatic rings. The lowest BCUT2D eigenvalue weighted by Crippen LogP contribution is -2.46. The zero-order chi connectivity index (χ0) is 18.4. The van der Waals surface area contributed by atoms with Crippen LogP contribution >= 0.6 is 0 Å². The fourth-order valence-corrected chi connectivity index (χ4v) is 2.39. The van der Waals surface area contributed by atoms with Crippen LogP contribution in [0.15, 0.2) is 18.2 Å². The summed E-state index contributed by atoms with van der Waals surface area (Å²) in [6.07, 6.45) is 0.344. The first-order chi connectivity index (χ1) is 11.9.